The van der Waals surface area contributed by atoms with E-state index in [0.717, 1.165) is 17.6 Å². The van der Waals surface area contributed by atoms with Gasteiger partial charge in [0, 0.05) is 39.2 Å². The van der Waals surface area contributed by atoms with Gasteiger partial charge in [0.1, 0.15) is 11.2 Å². The fraction of sp³-hybridized carbons (Fsp3) is 0.0213. The Hall–Kier alpha value is -6.38. The molecular weight excluding hydrogens is 595 g/mol. The minimum Gasteiger partial charge on any atom is -0.456 e. The molecule has 49 heavy (non-hydrogen) atoms. The van der Waals surface area contributed by atoms with Crippen molar-refractivity contribution in [2.24, 2.45) is 0 Å². The number of aromatic nitrogens is 1. The van der Waals surface area contributed by atoms with Gasteiger partial charge in [-0.25, -0.2) is 0 Å². The summed E-state index contributed by atoms with van der Waals surface area (Å²) in [4.78, 5) is 0. The Morgan fingerprint density at radius 1 is 0.429 bits per heavy atom. The van der Waals surface area contributed by atoms with Gasteiger partial charge in [-0.1, -0.05) is 133 Å². The maximum absolute atomic E-state index is 6.47. The highest BCUT2D eigenvalue weighted by atomic mass is 16.3. The van der Waals surface area contributed by atoms with Gasteiger partial charge in [-0.3, -0.25) is 0 Å². The molecule has 0 fully saturated rings. The number of hydrogen-bond acceptors (Lipinski definition) is 1. The Balaban J connectivity index is 0.959. The number of nitrogens with zero attached hydrogens (tertiary/aromatic N) is 1. The molecule has 2 nitrogen and oxygen atoms in total. The van der Waals surface area contributed by atoms with Gasteiger partial charge in [0.25, 0.3) is 0 Å². The van der Waals surface area contributed by atoms with Gasteiger partial charge in [-0.05, 0) is 81.1 Å². The first-order chi connectivity index (χ1) is 24.3. The van der Waals surface area contributed by atoms with Gasteiger partial charge in [0.2, 0.25) is 0 Å². The summed E-state index contributed by atoms with van der Waals surface area (Å²) in [6, 6.07) is 63.4. The monoisotopic (exact) mass is 625 g/mol. The molecule has 0 N–H and O–H groups in total. The molecule has 2 heteroatoms. The van der Waals surface area contributed by atoms with Crippen molar-refractivity contribution in [1.82, 2.24) is 4.57 Å². The smallest absolute Gasteiger partial charge is 0.139 e. The van der Waals surface area contributed by atoms with Crippen molar-refractivity contribution < 1.29 is 4.42 Å². The van der Waals surface area contributed by atoms with E-state index >= 15 is 0 Å². The first-order valence-electron chi connectivity index (χ1n) is 16.9. The average molecular weight is 626 g/mol. The molecule has 0 unspecified atom stereocenters. The summed E-state index contributed by atoms with van der Waals surface area (Å²) >= 11 is 0. The summed E-state index contributed by atoms with van der Waals surface area (Å²) in [6.45, 7) is 0. The SMILES string of the molecule is c1ccc(-n2c3ccccc3c3cc(-c4ccc(-c5ccc(Cc6cc7ccccc7c7c6oc6ccccc67)cc5)cc4)ccc32)cc1. The van der Waals surface area contributed by atoms with E-state index < -0.39 is 0 Å². The van der Waals surface area contributed by atoms with Gasteiger partial charge in [-0.2, -0.15) is 0 Å². The largest absolute Gasteiger partial charge is 0.456 e. The highest BCUT2D eigenvalue weighted by Crippen LogP contribution is 2.38. The molecule has 0 saturated carbocycles. The van der Waals surface area contributed by atoms with E-state index in [1.54, 1.807) is 0 Å². The predicted octanol–water partition coefficient (Wildman–Crippen LogP) is 12.8. The molecule has 0 amide bonds. The van der Waals surface area contributed by atoms with Crippen LogP contribution in [0.15, 0.2) is 180 Å². The Labute approximate surface area is 284 Å². The highest BCUT2D eigenvalue weighted by molar-refractivity contribution is 6.19. The standard InChI is InChI=1S/C47H31NO/c1-2-11-38(12-3-1)48-43-16-8-6-14-40(43)42-30-35(26-27-44(42)48)34-24-22-33(23-25-34)32-20-18-31(19-21-32)28-37-29-36-10-4-5-13-39(36)46-41-15-7-9-17-45(41)49-47(37)46/h1-27,29-30H,28H2. The average Bonchev–Trinajstić information content (AvgIpc) is 3.72. The summed E-state index contributed by atoms with van der Waals surface area (Å²) in [5.41, 5.74) is 12.9. The van der Waals surface area contributed by atoms with Crippen LogP contribution in [0.3, 0.4) is 0 Å². The number of furan rings is 1. The third kappa shape index (κ3) is 4.57. The summed E-state index contributed by atoms with van der Waals surface area (Å²) in [5.74, 6) is 0. The second-order valence-electron chi connectivity index (χ2n) is 12.9. The molecule has 0 aliphatic carbocycles. The molecule has 2 aromatic heterocycles. The zero-order chi connectivity index (χ0) is 32.3. The normalized spacial score (nSPS) is 11.8. The minimum absolute atomic E-state index is 0.809. The number of hydrogen-bond donors (Lipinski definition) is 0. The van der Waals surface area contributed by atoms with Crippen LogP contribution in [0.5, 0.6) is 0 Å². The van der Waals surface area contributed by atoms with Crippen molar-refractivity contribution in [3.05, 3.63) is 187 Å². The van der Waals surface area contributed by atoms with E-state index in [0.29, 0.717) is 0 Å². The van der Waals surface area contributed by atoms with Gasteiger partial charge >= 0.3 is 0 Å². The summed E-state index contributed by atoms with van der Waals surface area (Å²) in [6.07, 6.45) is 0.809. The predicted molar refractivity (Wildman–Crippen MR) is 206 cm³/mol. The molecule has 0 aliphatic heterocycles. The maximum Gasteiger partial charge on any atom is 0.139 e. The third-order valence-electron chi connectivity index (χ3n) is 10.0. The molecule has 8 aromatic carbocycles. The van der Waals surface area contributed by atoms with Crippen molar-refractivity contribution in [3.8, 4) is 27.9 Å². The summed E-state index contributed by atoms with van der Waals surface area (Å²) < 4.78 is 8.83. The van der Waals surface area contributed by atoms with E-state index in [9.17, 15) is 0 Å². The fourth-order valence-electron chi connectivity index (χ4n) is 7.67. The number of rotatable bonds is 5. The molecule has 0 atom stereocenters. The number of para-hydroxylation sites is 3. The lowest BCUT2D eigenvalue weighted by atomic mass is 9.95. The molecular formula is C47H31NO. The van der Waals surface area contributed by atoms with E-state index in [4.69, 9.17) is 4.42 Å². The lowest BCUT2D eigenvalue weighted by Gasteiger charge is -2.09. The Morgan fingerprint density at radius 2 is 1.02 bits per heavy atom. The van der Waals surface area contributed by atoms with Crippen LogP contribution in [0.2, 0.25) is 0 Å². The number of fused-ring (bicyclic) bond motifs is 8. The molecule has 0 aliphatic rings. The van der Waals surface area contributed by atoms with Gasteiger partial charge < -0.3 is 8.98 Å². The Bertz CT molecular complexity index is 2820. The Kier molecular flexibility index (Phi) is 6.28. The first kappa shape index (κ1) is 27.7. The second-order valence-corrected chi connectivity index (χ2v) is 12.9. The van der Waals surface area contributed by atoms with Crippen LogP contribution in [-0.4, -0.2) is 4.57 Å². The molecule has 10 rings (SSSR count). The highest BCUT2D eigenvalue weighted by Gasteiger charge is 2.16. The van der Waals surface area contributed by atoms with Gasteiger partial charge in [0.05, 0.1) is 11.0 Å². The van der Waals surface area contributed by atoms with Crippen LogP contribution in [0.4, 0.5) is 0 Å². The summed E-state index contributed by atoms with van der Waals surface area (Å²) in [7, 11) is 0. The Morgan fingerprint density at radius 3 is 1.82 bits per heavy atom. The second kappa shape index (κ2) is 11.1. The molecule has 230 valence electrons. The van der Waals surface area contributed by atoms with Crippen LogP contribution in [0.25, 0.3) is 82.5 Å². The third-order valence-corrected chi connectivity index (χ3v) is 10.0. The zero-order valence-electron chi connectivity index (χ0n) is 26.8. The zero-order valence-corrected chi connectivity index (χ0v) is 26.8. The van der Waals surface area contributed by atoms with Crippen LogP contribution >= 0.6 is 0 Å². The lowest BCUT2D eigenvalue weighted by molar-refractivity contribution is 0.664. The van der Waals surface area contributed by atoms with Crippen LogP contribution in [-0.2, 0) is 6.42 Å². The lowest BCUT2D eigenvalue weighted by Crippen LogP contribution is -1.92. The topological polar surface area (TPSA) is 18.1 Å². The van der Waals surface area contributed by atoms with Crippen molar-refractivity contribution in [2.75, 3.05) is 0 Å². The van der Waals surface area contributed by atoms with Gasteiger partial charge in [0.15, 0.2) is 0 Å². The van der Waals surface area contributed by atoms with E-state index in [1.807, 2.05) is 6.07 Å². The minimum atomic E-state index is 0.809. The molecule has 0 spiro atoms. The molecule has 0 saturated heterocycles. The number of benzene rings is 8. The van der Waals surface area contributed by atoms with Crippen LogP contribution in [0.1, 0.15) is 11.1 Å². The maximum atomic E-state index is 6.47. The molecule has 10 aromatic rings. The van der Waals surface area contributed by atoms with E-state index in [2.05, 4.69) is 174 Å². The fourth-order valence-corrected chi connectivity index (χ4v) is 7.67. The van der Waals surface area contributed by atoms with Crippen molar-refractivity contribution >= 4 is 54.5 Å². The van der Waals surface area contributed by atoms with Crippen molar-refractivity contribution in [3.63, 3.8) is 0 Å². The molecule has 2 heterocycles. The van der Waals surface area contributed by atoms with E-state index in [1.165, 1.54) is 82.4 Å². The summed E-state index contributed by atoms with van der Waals surface area (Å²) in [5, 5.41) is 7.40. The van der Waals surface area contributed by atoms with Crippen molar-refractivity contribution in [2.45, 2.75) is 6.42 Å². The molecule has 0 radical (unpaired) electrons. The van der Waals surface area contributed by atoms with Gasteiger partial charge in [-0.15, -0.1) is 0 Å². The first-order valence-corrected chi connectivity index (χ1v) is 16.9. The quantitative estimate of drug-likeness (QED) is 0.186. The van der Waals surface area contributed by atoms with Crippen molar-refractivity contribution in [1.29, 1.82) is 0 Å². The molecule has 0 bridgehead atoms. The van der Waals surface area contributed by atoms with Crippen LogP contribution < -0.4 is 0 Å². The van der Waals surface area contributed by atoms with E-state index in [-0.39, 0.29) is 0 Å². The van der Waals surface area contributed by atoms with Crippen LogP contribution in [0, 0.1) is 0 Å².